The van der Waals surface area contributed by atoms with E-state index in [2.05, 4.69) is 5.32 Å². The van der Waals surface area contributed by atoms with Gasteiger partial charge in [0.2, 0.25) is 21.8 Å². The number of alkyl halides is 3. The lowest BCUT2D eigenvalue weighted by atomic mass is 10.0. The molecule has 0 saturated heterocycles. The maximum atomic E-state index is 13.8. The minimum atomic E-state index is -4.71. The quantitative estimate of drug-likeness (QED) is 0.379. The Labute approximate surface area is 226 Å². The molecule has 1 atom stereocenters. The van der Waals surface area contributed by atoms with Crippen molar-refractivity contribution in [2.45, 2.75) is 32.1 Å². The average Bonchev–Trinajstić information content (AvgIpc) is 2.89. The van der Waals surface area contributed by atoms with Crippen molar-refractivity contribution in [3.05, 3.63) is 102 Å². The van der Waals surface area contributed by atoms with Crippen LogP contribution < -0.4 is 9.62 Å². The highest BCUT2D eigenvalue weighted by molar-refractivity contribution is 7.92. The maximum Gasteiger partial charge on any atom is 0.416 e. The third-order valence-electron chi connectivity index (χ3n) is 5.96. The molecule has 0 bridgehead atoms. The number of carbonyl (C=O) groups excluding carboxylic acids is 2. The molecular weight excluding hydrogens is 531 g/mol. The number of benzene rings is 3. The van der Waals surface area contributed by atoms with E-state index in [1.807, 2.05) is 18.2 Å². The van der Waals surface area contributed by atoms with Crippen molar-refractivity contribution in [1.29, 1.82) is 0 Å². The van der Waals surface area contributed by atoms with Crippen LogP contribution in [-0.2, 0) is 38.8 Å². The molecule has 0 aliphatic rings. The van der Waals surface area contributed by atoms with Crippen LogP contribution in [0.1, 0.15) is 23.6 Å². The molecule has 0 saturated carbocycles. The Bertz CT molecular complexity index is 1370. The summed E-state index contributed by atoms with van der Waals surface area (Å²) in [5.74, 6) is -1.18. The first-order chi connectivity index (χ1) is 18.4. The van der Waals surface area contributed by atoms with Crippen molar-refractivity contribution in [2.75, 3.05) is 23.7 Å². The molecule has 3 aromatic rings. The Morgan fingerprint density at radius 2 is 1.49 bits per heavy atom. The summed E-state index contributed by atoms with van der Waals surface area (Å²) in [5.41, 5.74) is 0.111. The van der Waals surface area contributed by atoms with E-state index in [9.17, 15) is 31.2 Å². The minimum absolute atomic E-state index is 0.0193. The Kier molecular flexibility index (Phi) is 9.74. The zero-order chi connectivity index (χ0) is 28.6. The molecule has 0 aromatic heterocycles. The molecule has 0 aliphatic heterocycles. The Balaban J connectivity index is 2.04. The standard InChI is InChI=1S/C28H30F3N3O4S/c1-3-32-27(36)25(17-21-11-6-4-7-12-21)33(19-22-13-8-5-9-14-22)26(35)20-34(39(2,37)38)24-16-10-15-23(18-24)28(29,30)31/h4-16,18,25H,3,17,19-20H2,1-2H3,(H,32,36). The number of rotatable bonds is 11. The monoisotopic (exact) mass is 561 g/mol. The van der Waals surface area contributed by atoms with Crippen molar-refractivity contribution in [3.8, 4) is 0 Å². The van der Waals surface area contributed by atoms with E-state index in [1.165, 1.54) is 11.0 Å². The fourth-order valence-electron chi connectivity index (χ4n) is 4.08. The summed E-state index contributed by atoms with van der Waals surface area (Å²) < 4.78 is 66.1. The van der Waals surface area contributed by atoms with Gasteiger partial charge < -0.3 is 10.2 Å². The second-order valence-corrected chi connectivity index (χ2v) is 10.8. The number of likely N-dealkylation sites (N-methyl/N-ethyl adjacent to an activating group) is 1. The average molecular weight is 562 g/mol. The van der Waals surface area contributed by atoms with Crippen molar-refractivity contribution in [3.63, 3.8) is 0 Å². The van der Waals surface area contributed by atoms with Crippen LogP contribution in [0.3, 0.4) is 0 Å². The van der Waals surface area contributed by atoms with Crippen LogP contribution in [0.4, 0.5) is 18.9 Å². The summed E-state index contributed by atoms with van der Waals surface area (Å²) in [6.07, 6.45) is -3.75. The van der Waals surface area contributed by atoms with Crippen LogP contribution in [0, 0.1) is 0 Å². The van der Waals surface area contributed by atoms with Crippen LogP contribution >= 0.6 is 0 Å². The number of sulfonamides is 1. The molecule has 2 amide bonds. The zero-order valence-electron chi connectivity index (χ0n) is 21.6. The predicted molar refractivity (Wildman–Crippen MR) is 143 cm³/mol. The number of hydrogen-bond acceptors (Lipinski definition) is 4. The molecule has 0 spiro atoms. The van der Waals surface area contributed by atoms with Gasteiger partial charge in [0, 0.05) is 19.5 Å². The molecule has 11 heteroatoms. The SMILES string of the molecule is CCNC(=O)C(Cc1ccccc1)N(Cc1ccccc1)C(=O)CN(c1cccc(C(F)(F)F)c1)S(C)(=O)=O. The number of nitrogens with zero attached hydrogens (tertiary/aromatic N) is 2. The number of amides is 2. The van der Waals surface area contributed by atoms with Crippen molar-refractivity contribution in [1.82, 2.24) is 10.2 Å². The van der Waals surface area contributed by atoms with Gasteiger partial charge in [-0.25, -0.2) is 8.42 Å². The molecule has 1 N–H and O–H groups in total. The highest BCUT2D eigenvalue weighted by Gasteiger charge is 2.34. The first kappa shape index (κ1) is 29.7. The van der Waals surface area contributed by atoms with Gasteiger partial charge in [0.15, 0.2) is 0 Å². The van der Waals surface area contributed by atoms with E-state index in [-0.39, 0.29) is 18.7 Å². The largest absolute Gasteiger partial charge is 0.416 e. The van der Waals surface area contributed by atoms with E-state index >= 15 is 0 Å². The molecule has 3 rings (SSSR count). The van der Waals surface area contributed by atoms with E-state index < -0.39 is 46.2 Å². The van der Waals surface area contributed by atoms with E-state index in [1.54, 1.807) is 49.4 Å². The van der Waals surface area contributed by atoms with Gasteiger partial charge in [0.25, 0.3) is 0 Å². The van der Waals surface area contributed by atoms with Gasteiger partial charge in [-0.3, -0.25) is 13.9 Å². The lowest BCUT2D eigenvalue weighted by Gasteiger charge is -2.33. The van der Waals surface area contributed by atoms with Crippen LogP contribution in [-0.4, -0.2) is 50.5 Å². The zero-order valence-corrected chi connectivity index (χ0v) is 22.4. The number of hydrogen-bond donors (Lipinski definition) is 1. The molecule has 7 nitrogen and oxygen atoms in total. The van der Waals surface area contributed by atoms with E-state index in [0.717, 1.165) is 24.0 Å². The molecule has 3 aromatic carbocycles. The molecule has 39 heavy (non-hydrogen) atoms. The first-order valence-corrected chi connectivity index (χ1v) is 14.0. The van der Waals surface area contributed by atoms with Crippen molar-refractivity contribution in [2.24, 2.45) is 0 Å². The predicted octanol–water partition coefficient (Wildman–Crippen LogP) is 4.25. The molecule has 208 valence electrons. The van der Waals surface area contributed by atoms with Gasteiger partial charge in [-0.1, -0.05) is 66.7 Å². The van der Waals surface area contributed by atoms with Crippen LogP contribution in [0.2, 0.25) is 0 Å². The third kappa shape index (κ3) is 8.31. The second kappa shape index (κ2) is 12.8. The normalized spacial score (nSPS) is 12.4. The number of carbonyl (C=O) groups is 2. The molecule has 0 heterocycles. The van der Waals surface area contributed by atoms with Gasteiger partial charge in [0.05, 0.1) is 17.5 Å². The van der Waals surface area contributed by atoms with E-state index in [4.69, 9.17) is 0 Å². The molecule has 1 unspecified atom stereocenters. The second-order valence-electron chi connectivity index (χ2n) is 8.93. The number of halogens is 3. The summed E-state index contributed by atoms with van der Waals surface area (Å²) in [4.78, 5) is 28.3. The summed E-state index contributed by atoms with van der Waals surface area (Å²) in [6.45, 7) is 1.23. The number of anilines is 1. The van der Waals surface area contributed by atoms with Gasteiger partial charge >= 0.3 is 6.18 Å². The van der Waals surface area contributed by atoms with E-state index in [0.29, 0.717) is 22.5 Å². The van der Waals surface area contributed by atoms with Gasteiger partial charge in [-0.15, -0.1) is 0 Å². The van der Waals surface area contributed by atoms with Crippen molar-refractivity contribution >= 4 is 27.5 Å². The van der Waals surface area contributed by atoms with Gasteiger partial charge in [-0.2, -0.15) is 13.2 Å². The van der Waals surface area contributed by atoms with Crippen LogP contribution in [0.5, 0.6) is 0 Å². The fraction of sp³-hybridized carbons (Fsp3) is 0.286. The molecular formula is C28H30F3N3O4S. The Hall–Kier alpha value is -3.86. The smallest absolute Gasteiger partial charge is 0.355 e. The molecule has 0 aliphatic carbocycles. The molecule has 0 fully saturated rings. The summed E-state index contributed by atoms with van der Waals surface area (Å²) in [5, 5.41) is 2.74. The Morgan fingerprint density at radius 1 is 0.897 bits per heavy atom. The lowest BCUT2D eigenvalue weighted by Crippen LogP contribution is -2.53. The van der Waals surface area contributed by atoms with Crippen molar-refractivity contribution < 1.29 is 31.2 Å². The third-order valence-corrected chi connectivity index (χ3v) is 7.10. The first-order valence-electron chi connectivity index (χ1n) is 12.2. The summed E-state index contributed by atoms with van der Waals surface area (Å²) in [7, 11) is -4.18. The van der Waals surface area contributed by atoms with Crippen LogP contribution in [0.25, 0.3) is 0 Å². The topological polar surface area (TPSA) is 86.8 Å². The number of nitrogens with one attached hydrogen (secondary N) is 1. The maximum absolute atomic E-state index is 13.8. The molecule has 0 radical (unpaired) electrons. The lowest BCUT2D eigenvalue weighted by molar-refractivity contribution is -0.140. The Morgan fingerprint density at radius 3 is 2.03 bits per heavy atom. The minimum Gasteiger partial charge on any atom is -0.355 e. The van der Waals surface area contributed by atoms with Gasteiger partial charge in [0.1, 0.15) is 12.6 Å². The highest BCUT2D eigenvalue weighted by Crippen LogP contribution is 2.32. The fourth-order valence-corrected chi connectivity index (χ4v) is 4.92. The summed E-state index contributed by atoms with van der Waals surface area (Å²) in [6, 6.07) is 20.6. The summed E-state index contributed by atoms with van der Waals surface area (Å²) >= 11 is 0. The van der Waals surface area contributed by atoms with Gasteiger partial charge in [-0.05, 0) is 36.2 Å². The highest BCUT2D eigenvalue weighted by atomic mass is 32.2. The van der Waals surface area contributed by atoms with Crippen LogP contribution in [0.15, 0.2) is 84.9 Å².